The topological polar surface area (TPSA) is 134 Å². The van der Waals surface area contributed by atoms with Gasteiger partial charge >= 0.3 is 0 Å². The van der Waals surface area contributed by atoms with Gasteiger partial charge in [-0.1, -0.05) is 59.6 Å². The first-order chi connectivity index (χ1) is 21.3. The number of amides is 3. The second kappa shape index (κ2) is 14.8. The number of nitrogens with one attached hydrogen (secondary N) is 2. The van der Waals surface area contributed by atoms with E-state index < -0.39 is 40.7 Å². The first kappa shape index (κ1) is 34.4. The fourth-order valence-corrected chi connectivity index (χ4v) is 7.11. The normalized spacial score (nSPS) is 17.0. The molecule has 3 atom stereocenters. The minimum Gasteiger partial charge on any atom is -0.483 e. The number of aliphatic hydroxyl groups excluding tert-OH is 1. The molecule has 9 nitrogen and oxygen atoms in total. The number of nitrogens with two attached hydrogens (primary N) is 1. The van der Waals surface area contributed by atoms with E-state index in [1.54, 1.807) is 30.3 Å². The molecule has 5 N–H and O–H groups in total. The van der Waals surface area contributed by atoms with Crippen LogP contribution >= 0.6 is 35.0 Å². The van der Waals surface area contributed by atoms with Crippen LogP contribution in [0.3, 0.4) is 0 Å². The summed E-state index contributed by atoms with van der Waals surface area (Å²) in [5.41, 5.74) is 9.43. The summed E-state index contributed by atoms with van der Waals surface area (Å²) in [4.78, 5) is 41.9. The maximum Gasteiger partial charge on any atom is 0.258 e. The van der Waals surface area contributed by atoms with Crippen LogP contribution in [0, 0.1) is 13.8 Å². The molecule has 4 rings (SSSR count). The predicted octanol–water partition coefficient (Wildman–Crippen LogP) is 4.66. The van der Waals surface area contributed by atoms with E-state index in [-0.39, 0.29) is 25.4 Å². The minimum atomic E-state index is -1.64. The molecule has 1 fully saturated rings. The smallest absolute Gasteiger partial charge is 0.258 e. The highest BCUT2D eigenvalue weighted by Crippen LogP contribution is 2.40. The Labute approximate surface area is 277 Å². The molecule has 3 aromatic carbocycles. The molecule has 0 spiro atoms. The summed E-state index contributed by atoms with van der Waals surface area (Å²) in [6.07, 6.45) is -1.47. The summed E-state index contributed by atoms with van der Waals surface area (Å²) < 4.78 is 5.15. The number of ether oxygens (including phenoxy) is 1. The number of rotatable bonds is 11. The van der Waals surface area contributed by atoms with E-state index in [0.717, 1.165) is 16.7 Å². The minimum absolute atomic E-state index is 0.0683. The number of aliphatic hydroxyl groups is 1. The second-order valence-corrected chi connectivity index (χ2v) is 14.0. The van der Waals surface area contributed by atoms with E-state index in [1.807, 2.05) is 58.0 Å². The Bertz CT molecular complexity index is 1510. The molecule has 1 heterocycles. The van der Waals surface area contributed by atoms with E-state index >= 15 is 0 Å². The van der Waals surface area contributed by atoms with Crippen LogP contribution in [0.1, 0.15) is 36.1 Å². The number of aryl methyl sites for hydroxylation is 2. The number of carbonyl (C=O) groups excluding carboxylic acids is 3. The highest BCUT2D eigenvalue weighted by atomic mass is 35.5. The van der Waals surface area contributed by atoms with Crippen molar-refractivity contribution in [2.75, 3.05) is 18.2 Å². The highest BCUT2D eigenvalue weighted by molar-refractivity contribution is 8.00. The third-order valence-corrected chi connectivity index (χ3v) is 9.77. The van der Waals surface area contributed by atoms with Gasteiger partial charge in [0.15, 0.2) is 12.7 Å². The fourth-order valence-electron chi connectivity index (χ4n) is 5.44. The van der Waals surface area contributed by atoms with Crippen LogP contribution < -0.4 is 21.1 Å². The number of nitrogens with zero attached hydrogens (tertiary/aromatic N) is 1. The number of anilines is 1. The van der Waals surface area contributed by atoms with Gasteiger partial charge in [-0.15, -0.1) is 11.8 Å². The van der Waals surface area contributed by atoms with Crippen LogP contribution in [-0.2, 0) is 27.3 Å². The molecule has 45 heavy (non-hydrogen) atoms. The second-order valence-electron chi connectivity index (χ2n) is 11.6. The lowest BCUT2D eigenvalue weighted by Crippen LogP contribution is -2.59. The average molecular weight is 674 g/mol. The van der Waals surface area contributed by atoms with Crippen molar-refractivity contribution >= 4 is 58.4 Å². The number of halogens is 2. The van der Waals surface area contributed by atoms with E-state index in [9.17, 15) is 19.5 Å². The van der Waals surface area contributed by atoms with Gasteiger partial charge in [0.05, 0.1) is 11.9 Å². The van der Waals surface area contributed by atoms with Crippen LogP contribution in [0.15, 0.2) is 60.7 Å². The van der Waals surface area contributed by atoms with Crippen molar-refractivity contribution in [3.63, 3.8) is 0 Å². The quantitative estimate of drug-likeness (QED) is 0.218. The van der Waals surface area contributed by atoms with Crippen molar-refractivity contribution in [2.45, 2.75) is 63.6 Å². The maximum absolute atomic E-state index is 13.9. The van der Waals surface area contributed by atoms with E-state index in [4.69, 9.17) is 33.7 Å². The Balaban J connectivity index is 1.50. The van der Waals surface area contributed by atoms with Gasteiger partial charge in [-0.05, 0) is 75.1 Å². The number of hydrogen-bond donors (Lipinski definition) is 4. The van der Waals surface area contributed by atoms with Gasteiger partial charge in [-0.2, -0.15) is 0 Å². The molecule has 1 aliphatic heterocycles. The van der Waals surface area contributed by atoms with Crippen LogP contribution in [0.5, 0.6) is 5.75 Å². The Hall–Kier alpha value is -3.44. The molecule has 0 radical (unpaired) electrons. The summed E-state index contributed by atoms with van der Waals surface area (Å²) in [7, 11) is 0. The van der Waals surface area contributed by atoms with Crippen molar-refractivity contribution < 1.29 is 24.2 Å². The van der Waals surface area contributed by atoms with Crippen LogP contribution in [-0.4, -0.2) is 63.1 Å². The molecule has 0 saturated carbocycles. The van der Waals surface area contributed by atoms with Crippen molar-refractivity contribution in [1.29, 1.82) is 0 Å². The number of carbonyl (C=O) groups is 3. The summed E-state index contributed by atoms with van der Waals surface area (Å²) in [5.74, 6) is -0.873. The first-order valence-corrected chi connectivity index (χ1v) is 16.2. The molecule has 0 unspecified atom stereocenters. The van der Waals surface area contributed by atoms with E-state index in [2.05, 4.69) is 10.6 Å². The molecular formula is C33H38Cl2N4O5S. The van der Waals surface area contributed by atoms with Crippen LogP contribution in [0.4, 0.5) is 5.69 Å². The fraction of sp³-hybridized carbons (Fsp3) is 0.364. The Kier molecular flexibility index (Phi) is 11.3. The molecule has 0 aromatic heterocycles. The number of hydrogen-bond acceptors (Lipinski definition) is 7. The van der Waals surface area contributed by atoms with Gasteiger partial charge < -0.3 is 31.1 Å². The van der Waals surface area contributed by atoms with Gasteiger partial charge in [0.25, 0.3) is 11.8 Å². The van der Waals surface area contributed by atoms with Gasteiger partial charge in [0.1, 0.15) is 11.8 Å². The lowest BCUT2D eigenvalue weighted by Gasteiger charge is -2.33. The zero-order valence-corrected chi connectivity index (χ0v) is 27.9. The SMILES string of the molecule is Cc1cc(N)cc(C)c1OCC(=O)N[C@@H](Cc1ccccc1)[C@H](O)C(=O)N1CSC(C)(C)[C@H]1C(=O)NCc1c(Cl)cccc1Cl. The lowest BCUT2D eigenvalue weighted by atomic mass is 9.97. The third-order valence-electron chi connectivity index (χ3n) is 7.69. The zero-order valence-electron chi connectivity index (χ0n) is 25.6. The zero-order chi connectivity index (χ0) is 32.9. The third kappa shape index (κ3) is 8.43. The number of thioether (sulfide) groups is 1. The Morgan fingerprint density at radius 2 is 1.69 bits per heavy atom. The Morgan fingerprint density at radius 3 is 2.31 bits per heavy atom. The van der Waals surface area contributed by atoms with Gasteiger partial charge in [0, 0.05) is 32.6 Å². The predicted molar refractivity (Wildman–Crippen MR) is 179 cm³/mol. The first-order valence-electron chi connectivity index (χ1n) is 14.4. The van der Waals surface area contributed by atoms with Gasteiger partial charge in [0.2, 0.25) is 5.91 Å². The van der Waals surface area contributed by atoms with Crippen molar-refractivity contribution in [3.05, 3.63) is 93.0 Å². The molecule has 1 aliphatic rings. The summed E-state index contributed by atoms with van der Waals surface area (Å²) in [5, 5.41) is 17.9. The molecule has 3 aromatic rings. The van der Waals surface area contributed by atoms with Crippen molar-refractivity contribution in [3.8, 4) is 5.75 Å². The summed E-state index contributed by atoms with van der Waals surface area (Å²) >= 11 is 14.0. The molecule has 12 heteroatoms. The molecular weight excluding hydrogens is 635 g/mol. The van der Waals surface area contributed by atoms with Crippen molar-refractivity contribution in [1.82, 2.24) is 15.5 Å². The molecule has 0 aliphatic carbocycles. The van der Waals surface area contributed by atoms with Crippen molar-refractivity contribution in [2.24, 2.45) is 0 Å². The molecule has 0 bridgehead atoms. The van der Waals surface area contributed by atoms with Crippen LogP contribution in [0.25, 0.3) is 0 Å². The largest absolute Gasteiger partial charge is 0.483 e. The summed E-state index contributed by atoms with van der Waals surface area (Å²) in [6, 6.07) is 15.9. The lowest BCUT2D eigenvalue weighted by molar-refractivity contribution is -0.148. The monoisotopic (exact) mass is 672 g/mol. The number of benzene rings is 3. The van der Waals surface area contributed by atoms with Gasteiger partial charge in [-0.3, -0.25) is 14.4 Å². The maximum atomic E-state index is 13.9. The Morgan fingerprint density at radius 1 is 1.07 bits per heavy atom. The molecule has 3 amide bonds. The number of nitrogen functional groups attached to an aromatic ring is 1. The molecule has 240 valence electrons. The average Bonchev–Trinajstić information content (AvgIpc) is 3.30. The van der Waals surface area contributed by atoms with Crippen LogP contribution in [0.2, 0.25) is 10.0 Å². The standard InChI is InChI=1S/C33H38Cl2N4O5S/c1-19-13-22(36)14-20(2)29(19)44-17-27(40)38-26(15-21-9-6-5-7-10-21)28(41)32(43)39-18-45-33(3,4)30(39)31(42)37-16-23-24(34)11-8-12-25(23)35/h5-14,26,28,30,41H,15-18,36H2,1-4H3,(H,37,42)(H,38,40)/t26-,28-,30+/m0/s1. The van der Waals surface area contributed by atoms with E-state index in [0.29, 0.717) is 27.0 Å². The highest BCUT2D eigenvalue weighted by Gasteiger charge is 2.49. The molecule has 1 saturated heterocycles. The summed E-state index contributed by atoms with van der Waals surface area (Å²) in [6.45, 7) is 7.14. The van der Waals surface area contributed by atoms with E-state index in [1.165, 1.54) is 16.7 Å². The van der Waals surface area contributed by atoms with Gasteiger partial charge in [-0.25, -0.2) is 0 Å².